The predicted octanol–water partition coefficient (Wildman–Crippen LogP) is 2.99. The fourth-order valence-corrected chi connectivity index (χ4v) is 2.35. The third-order valence-electron chi connectivity index (χ3n) is 3.64. The maximum absolute atomic E-state index is 13.6. The minimum Gasteiger partial charge on any atom is -0.349 e. The average Bonchev–Trinajstić information content (AvgIpc) is 2.40. The molecule has 3 nitrogen and oxygen atoms in total. The zero-order valence-corrected chi connectivity index (χ0v) is 12.7. The molecule has 2 unspecified atom stereocenters. The summed E-state index contributed by atoms with van der Waals surface area (Å²) in [6, 6.07) is 1.67. The molecule has 0 saturated carbocycles. The van der Waals surface area contributed by atoms with E-state index < -0.39 is 29.0 Å². The lowest BCUT2D eigenvalue weighted by Crippen LogP contribution is -2.48. The Bertz CT molecular complexity index is 536. The van der Waals surface area contributed by atoms with Gasteiger partial charge in [-0.15, -0.1) is 12.4 Å². The monoisotopic (exact) mass is 340 g/mol. The van der Waals surface area contributed by atoms with E-state index in [9.17, 15) is 22.4 Å². The van der Waals surface area contributed by atoms with Crippen LogP contribution < -0.4 is 10.6 Å². The number of piperidine rings is 1. The van der Waals surface area contributed by atoms with E-state index in [1.165, 1.54) is 0 Å². The van der Waals surface area contributed by atoms with Gasteiger partial charge >= 0.3 is 6.18 Å². The maximum Gasteiger partial charge on any atom is 0.416 e. The fourth-order valence-electron chi connectivity index (χ4n) is 2.35. The van der Waals surface area contributed by atoms with Gasteiger partial charge in [-0.1, -0.05) is 6.92 Å². The van der Waals surface area contributed by atoms with Crippen LogP contribution >= 0.6 is 12.4 Å². The van der Waals surface area contributed by atoms with Crippen LogP contribution in [0.25, 0.3) is 0 Å². The van der Waals surface area contributed by atoms with Gasteiger partial charge in [-0.25, -0.2) is 4.39 Å². The van der Waals surface area contributed by atoms with E-state index >= 15 is 0 Å². The maximum atomic E-state index is 13.6. The van der Waals surface area contributed by atoms with E-state index in [0.717, 1.165) is 0 Å². The van der Waals surface area contributed by atoms with E-state index in [0.29, 0.717) is 37.7 Å². The Morgan fingerprint density at radius 2 is 2.05 bits per heavy atom. The smallest absolute Gasteiger partial charge is 0.349 e. The summed E-state index contributed by atoms with van der Waals surface area (Å²) in [5.41, 5.74) is -1.61. The molecule has 1 saturated heterocycles. The number of carbonyl (C=O) groups excluding carboxylic acids is 1. The van der Waals surface area contributed by atoms with Crippen LogP contribution in [0.1, 0.15) is 29.3 Å². The highest BCUT2D eigenvalue weighted by molar-refractivity contribution is 5.94. The first-order valence-electron chi connectivity index (χ1n) is 6.67. The number of alkyl halides is 3. The van der Waals surface area contributed by atoms with E-state index in [-0.39, 0.29) is 24.4 Å². The molecule has 1 aromatic rings. The number of hydrogen-bond acceptors (Lipinski definition) is 2. The topological polar surface area (TPSA) is 41.1 Å². The van der Waals surface area contributed by atoms with E-state index in [1.807, 2.05) is 6.92 Å². The molecule has 0 aliphatic carbocycles. The van der Waals surface area contributed by atoms with Crippen LogP contribution in [-0.2, 0) is 6.18 Å². The minimum atomic E-state index is -4.61. The van der Waals surface area contributed by atoms with Gasteiger partial charge in [-0.2, -0.15) is 13.2 Å². The van der Waals surface area contributed by atoms with Crippen LogP contribution in [-0.4, -0.2) is 25.0 Å². The van der Waals surface area contributed by atoms with Crippen LogP contribution in [0.3, 0.4) is 0 Å². The molecule has 0 aromatic heterocycles. The molecule has 2 N–H and O–H groups in total. The normalized spacial score (nSPS) is 21.9. The first-order valence-corrected chi connectivity index (χ1v) is 6.67. The Labute approximate surface area is 131 Å². The van der Waals surface area contributed by atoms with Crippen molar-refractivity contribution in [3.8, 4) is 0 Å². The molecule has 2 atom stereocenters. The van der Waals surface area contributed by atoms with Crippen molar-refractivity contribution >= 4 is 18.3 Å². The first-order chi connectivity index (χ1) is 9.79. The molecule has 8 heteroatoms. The minimum absolute atomic E-state index is 0. The van der Waals surface area contributed by atoms with Gasteiger partial charge in [0.2, 0.25) is 0 Å². The highest BCUT2D eigenvalue weighted by Gasteiger charge is 2.32. The van der Waals surface area contributed by atoms with Crippen molar-refractivity contribution in [1.82, 2.24) is 10.6 Å². The largest absolute Gasteiger partial charge is 0.416 e. The number of carbonyl (C=O) groups is 1. The summed E-state index contributed by atoms with van der Waals surface area (Å²) in [5.74, 6) is -1.63. The second-order valence-corrected chi connectivity index (χ2v) is 5.24. The molecule has 22 heavy (non-hydrogen) atoms. The summed E-state index contributed by atoms with van der Waals surface area (Å²) < 4.78 is 51.5. The number of hydrogen-bond donors (Lipinski definition) is 2. The third kappa shape index (κ3) is 4.33. The second-order valence-electron chi connectivity index (χ2n) is 5.24. The van der Waals surface area contributed by atoms with Gasteiger partial charge in [0.05, 0.1) is 11.1 Å². The lowest BCUT2D eigenvalue weighted by atomic mass is 9.95. The van der Waals surface area contributed by atoms with Crippen LogP contribution in [0.4, 0.5) is 17.6 Å². The van der Waals surface area contributed by atoms with Crippen LogP contribution in [0, 0.1) is 11.7 Å². The van der Waals surface area contributed by atoms with Gasteiger partial charge < -0.3 is 10.6 Å². The molecule has 2 rings (SSSR count). The highest BCUT2D eigenvalue weighted by Crippen LogP contribution is 2.30. The van der Waals surface area contributed by atoms with Crippen molar-refractivity contribution in [2.75, 3.05) is 13.1 Å². The van der Waals surface area contributed by atoms with Crippen LogP contribution in [0.2, 0.25) is 0 Å². The lowest BCUT2D eigenvalue weighted by Gasteiger charge is -2.30. The Balaban J connectivity index is 0.00000242. The summed E-state index contributed by atoms with van der Waals surface area (Å²) in [6.45, 7) is 3.33. The zero-order valence-electron chi connectivity index (χ0n) is 11.8. The fraction of sp³-hybridized carbons (Fsp3) is 0.500. The first kappa shape index (κ1) is 18.7. The van der Waals surface area contributed by atoms with Crippen molar-refractivity contribution in [1.29, 1.82) is 0 Å². The molecule has 1 aliphatic heterocycles. The van der Waals surface area contributed by atoms with E-state index in [1.54, 1.807) is 0 Å². The second kappa shape index (κ2) is 7.28. The predicted molar refractivity (Wildman–Crippen MR) is 76.6 cm³/mol. The molecule has 1 heterocycles. The summed E-state index contributed by atoms with van der Waals surface area (Å²) in [7, 11) is 0. The van der Waals surface area contributed by atoms with Crippen molar-refractivity contribution in [3.63, 3.8) is 0 Å². The Hall–Kier alpha value is -1.34. The quantitative estimate of drug-likeness (QED) is 0.813. The SMILES string of the molecule is CC1CNCCC1NC(=O)c1cc(C(F)(F)F)ccc1F.Cl. The lowest BCUT2D eigenvalue weighted by molar-refractivity contribution is -0.137. The zero-order chi connectivity index (χ0) is 15.6. The number of halogens is 5. The molecular weight excluding hydrogens is 324 g/mol. The Morgan fingerprint density at radius 1 is 1.36 bits per heavy atom. The summed E-state index contributed by atoms with van der Waals surface area (Å²) in [4.78, 5) is 12.0. The Morgan fingerprint density at radius 3 is 2.64 bits per heavy atom. The summed E-state index contributed by atoms with van der Waals surface area (Å²) >= 11 is 0. The number of rotatable bonds is 2. The Kier molecular flexibility index (Phi) is 6.19. The molecule has 0 radical (unpaired) electrons. The van der Waals surface area contributed by atoms with Crippen molar-refractivity contribution in [3.05, 3.63) is 35.1 Å². The molecule has 0 bridgehead atoms. The van der Waals surface area contributed by atoms with Gasteiger partial charge in [0.1, 0.15) is 5.82 Å². The van der Waals surface area contributed by atoms with Gasteiger partial charge in [-0.3, -0.25) is 4.79 Å². The van der Waals surface area contributed by atoms with Crippen molar-refractivity contribution < 1.29 is 22.4 Å². The van der Waals surface area contributed by atoms with Gasteiger partial charge in [0.25, 0.3) is 5.91 Å². The standard InChI is InChI=1S/C14H16F4N2O.ClH/c1-8-7-19-5-4-12(8)20-13(21)10-6-9(14(16,17)18)2-3-11(10)15;/h2-3,6,8,12,19H,4-5,7H2,1H3,(H,20,21);1H. The van der Waals surface area contributed by atoms with E-state index in [4.69, 9.17) is 0 Å². The molecule has 1 fully saturated rings. The van der Waals surface area contributed by atoms with Crippen LogP contribution in [0.5, 0.6) is 0 Å². The summed E-state index contributed by atoms with van der Waals surface area (Å²) in [5, 5.41) is 5.76. The summed E-state index contributed by atoms with van der Waals surface area (Å²) in [6.07, 6.45) is -3.95. The molecule has 0 spiro atoms. The molecule has 124 valence electrons. The van der Waals surface area contributed by atoms with Crippen molar-refractivity contribution in [2.24, 2.45) is 5.92 Å². The number of nitrogens with one attached hydrogen (secondary N) is 2. The molecule has 1 aliphatic rings. The third-order valence-corrected chi connectivity index (χ3v) is 3.64. The van der Waals surface area contributed by atoms with Gasteiger partial charge in [0, 0.05) is 6.04 Å². The van der Waals surface area contributed by atoms with Crippen molar-refractivity contribution in [2.45, 2.75) is 25.6 Å². The van der Waals surface area contributed by atoms with Gasteiger partial charge in [-0.05, 0) is 43.6 Å². The number of benzene rings is 1. The highest BCUT2D eigenvalue weighted by atomic mass is 35.5. The van der Waals surface area contributed by atoms with Crippen LogP contribution in [0.15, 0.2) is 18.2 Å². The molecular formula is C14H17ClF4N2O. The number of amides is 1. The molecule has 1 amide bonds. The van der Waals surface area contributed by atoms with Gasteiger partial charge in [0.15, 0.2) is 0 Å². The van der Waals surface area contributed by atoms with E-state index in [2.05, 4.69) is 10.6 Å². The molecule has 1 aromatic carbocycles. The average molecular weight is 341 g/mol.